The van der Waals surface area contributed by atoms with Gasteiger partial charge in [0, 0.05) is 30.9 Å². The Balaban J connectivity index is 1.42. The van der Waals surface area contributed by atoms with Crippen molar-refractivity contribution in [2.45, 2.75) is 24.8 Å². The van der Waals surface area contributed by atoms with Crippen LogP contribution in [0.5, 0.6) is 28.7 Å². The van der Waals surface area contributed by atoms with E-state index in [-0.39, 0.29) is 55.7 Å². The first-order valence-corrected chi connectivity index (χ1v) is 13.3. The highest BCUT2D eigenvalue weighted by atomic mass is 16.7. The number of esters is 1. The summed E-state index contributed by atoms with van der Waals surface area (Å²) in [4.78, 5) is 51.1. The van der Waals surface area contributed by atoms with Gasteiger partial charge in [-0.1, -0.05) is 0 Å². The molecule has 3 aliphatic heterocycles. The molecule has 1 saturated heterocycles. The van der Waals surface area contributed by atoms with E-state index >= 15 is 0 Å². The zero-order valence-corrected chi connectivity index (χ0v) is 22.7. The molecule has 4 aliphatic rings. The smallest absolute Gasteiger partial charge is 0.310 e. The quantitative estimate of drug-likeness (QED) is 0.291. The first-order chi connectivity index (χ1) is 20.2. The molecule has 3 heterocycles. The van der Waals surface area contributed by atoms with Gasteiger partial charge in [0.05, 0.1) is 32.8 Å². The van der Waals surface area contributed by atoms with Gasteiger partial charge in [-0.3, -0.25) is 24.1 Å². The Bertz CT molecular complexity index is 1510. The molecular weight excluding hydrogens is 552 g/mol. The first kappa shape index (κ1) is 27.2. The van der Waals surface area contributed by atoms with Gasteiger partial charge in [0.25, 0.3) is 11.8 Å². The number of imide groups is 1. The average Bonchev–Trinajstić information content (AvgIpc) is 3.66. The zero-order valence-electron chi connectivity index (χ0n) is 22.7. The third-order valence-electron chi connectivity index (χ3n) is 8.14. The molecule has 0 radical (unpaired) electrons. The molecule has 220 valence electrons. The second kappa shape index (κ2) is 10.5. The van der Waals surface area contributed by atoms with Gasteiger partial charge >= 0.3 is 11.9 Å². The highest BCUT2D eigenvalue weighted by molar-refractivity contribution is 6.15. The van der Waals surface area contributed by atoms with Crippen LogP contribution in [0, 0.1) is 11.8 Å². The summed E-state index contributed by atoms with van der Waals surface area (Å²) in [6, 6.07) is 6.24. The summed E-state index contributed by atoms with van der Waals surface area (Å²) < 4.78 is 27.6. The largest absolute Gasteiger partial charge is 0.502 e. The number of hydrogen-bond acceptors (Lipinski definition) is 11. The number of fused-ring (bicyclic) bond motifs is 3. The minimum Gasteiger partial charge on any atom is -0.502 e. The molecule has 1 fully saturated rings. The van der Waals surface area contributed by atoms with Crippen molar-refractivity contribution in [1.29, 1.82) is 0 Å². The number of phenolic OH excluding ortho intramolecular Hbond substituents is 1. The number of carboxylic acids is 1. The number of rotatable bonds is 9. The Kier molecular flexibility index (Phi) is 6.79. The standard InChI is InChI=1S/C29H28N2O11/c1-38-20-6-13(7-21(39-2)27(20)35)24-14-8-18-19(42-12-41-18)9-15(14)26(16-11-40-29(37)25(16)24)30-17-10-22(32)31(28(17)36)5-3-4-23(33)34/h6-10,16,24-26,30,35H,3-5,11-12H2,1-2H3,(H,33,34)/t16-,24+,25-,26+/m0/s1. The van der Waals surface area contributed by atoms with Gasteiger partial charge in [0.1, 0.15) is 5.70 Å². The van der Waals surface area contributed by atoms with Crippen molar-refractivity contribution in [3.8, 4) is 28.7 Å². The van der Waals surface area contributed by atoms with Crippen LogP contribution in [0.3, 0.4) is 0 Å². The number of aliphatic carboxylic acids is 1. The second-order valence-corrected chi connectivity index (χ2v) is 10.4. The van der Waals surface area contributed by atoms with E-state index in [2.05, 4.69) is 5.32 Å². The van der Waals surface area contributed by atoms with Gasteiger partial charge < -0.3 is 39.2 Å². The lowest BCUT2D eigenvalue weighted by molar-refractivity contribution is -0.141. The van der Waals surface area contributed by atoms with Crippen LogP contribution in [-0.2, 0) is 23.9 Å². The minimum atomic E-state index is -1.02. The summed E-state index contributed by atoms with van der Waals surface area (Å²) in [5.41, 5.74) is 2.07. The Morgan fingerprint density at radius 2 is 1.69 bits per heavy atom. The number of amides is 2. The van der Waals surface area contributed by atoms with Crippen molar-refractivity contribution in [2.75, 3.05) is 34.2 Å². The highest BCUT2D eigenvalue weighted by Crippen LogP contribution is 2.55. The monoisotopic (exact) mass is 580 g/mol. The number of carbonyl (C=O) groups excluding carboxylic acids is 3. The average molecular weight is 581 g/mol. The molecule has 2 aromatic rings. The molecule has 6 rings (SSSR count). The van der Waals surface area contributed by atoms with Gasteiger partial charge in [-0.15, -0.1) is 0 Å². The predicted molar refractivity (Wildman–Crippen MR) is 141 cm³/mol. The fourth-order valence-electron chi connectivity index (χ4n) is 6.22. The third kappa shape index (κ3) is 4.41. The Morgan fingerprint density at radius 1 is 1.02 bits per heavy atom. The Hall–Kier alpha value is -4.94. The molecule has 0 aromatic heterocycles. The van der Waals surface area contributed by atoms with Crippen molar-refractivity contribution in [3.63, 3.8) is 0 Å². The van der Waals surface area contributed by atoms with E-state index < -0.39 is 47.5 Å². The maximum atomic E-state index is 13.3. The molecule has 4 atom stereocenters. The molecule has 0 saturated carbocycles. The van der Waals surface area contributed by atoms with Crippen LogP contribution >= 0.6 is 0 Å². The van der Waals surface area contributed by atoms with Crippen molar-refractivity contribution < 1.29 is 53.1 Å². The topological polar surface area (TPSA) is 170 Å². The highest BCUT2D eigenvalue weighted by Gasteiger charge is 2.53. The van der Waals surface area contributed by atoms with E-state index in [0.29, 0.717) is 28.2 Å². The number of phenols is 1. The number of carbonyl (C=O) groups is 4. The number of nitrogens with zero attached hydrogens (tertiary/aromatic N) is 1. The van der Waals surface area contributed by atoms with Crippen LogP contribution in [0.15, 0.2) is 36.0 Å². The maximum absolute atomic E-state index is 13.3. The number of aromatic hydroxyl groups is 1. The number of nitrogens with one attached hydrogen (secondary N) is 1. The van der Waals surface area contributed by atoms with Gasteiger partial charge in [0.2, 0.25) is 12.5 Å². The van der Waals surface area contributed by atoms with E-state index in [9.17, 15) is 24.3 Å². The van der Waals surface area contributed by atoms with Crippen LogP contribution < -0.4 is 24.3 Å². The molecule has 2 aromatic carbocycles. The molecule has 0 spiro atoms. The lowest BCUT2D eigenvalue weighted by Gasteiger charge is -2.40. The molecule has 0 unspecified atom stereocenters. The van der Waals surface area contributed by atoms with E-state index in [4.69, 9.17) is 28.8 Å². The van der Waals surface area contributed by atoms with Gasteiger partial charge in [-0.2, -0.15) is 0 Å². The zero-order chi connectivity index (χ0) is 29.7. The maximum Gasteiger partial charge on any atom is 0.310 e. The molecule has 42 heavy (non-hydrogen) atoms. The van der Waals surface area contributed by atoms with Crippen LogP contribution in [0.2, 0.25) is 0 Å². The molecule has 0 bridgehead atoms. The number of hydrogen-bond donors (Lipinski definition) is 3. The number of carboxylic acid groups (broad SMARTS) is 1. The predicted octanol–water partition coefficient (Wildman–Crippen LogP) is 1.82. The van der Waals surface area contributed by atoms with E-state index in [1.165, 1.54) is 20.3 Å². The minimum absolute atomic E-state index is 0.0141. The Morgan fingerprint density at radius 3 is 2.33 bits per heavy atom. The second-order valence-electron chi connectivity index (χ2n) is 10.4. The van der Waals surface area contributed by atoms with Crippen molar-refractivity contribution >= 4 is 23.8 Å². The van der Waals surface area contributed by atoms with Crippen LogP contribution in [0.4, 0.5) is 0 Å². The molecule has 13 nitrogen and oxygen atoms in total. The first-order valence-electron chi connectivity index (χ1n) is 13.3. The van der Waals surface area contributed by atoms with E-state index in [0.717, 1.165) is 4.90 Å². The fourth-order valence-corrected chi connectivity index (χ4v) is 6.22. The summed E-state index contributed by atoms with van der Waals surface area (Å²) in [5, 5.41) is 22.7. The SMILES string of the molecule is COc1cc([C@@H]2c3cc4c(cc3[C@@H](NC3=CC(=O)N(CCCC(=O)O)C3=O)[C@H]3COC(=O)[C@H]23)OCO4)cc(OC)c1O. The lowest BCUT2D eigenvalue weighted by atomic mass is 9.65. The summed E-state index contributed by atoms with van der Waals surface area (Å²) in [7, 11) is 2.83. The molecule has 1 aliphatic carbocycles. The molecule has 2 amide bonds. The Labute approximate surface area is 239 Å². The van der Waals surface area contributed by atoms with Gasteiger partial charge in [-0.05, 0) is 47.4 Å². The van der Waals surface area contributed by atoms with Crippen molar-refractivity contribution in [1.82, 2.24) is 10.2 Å². The summed E-state index contributed by atoms with van der Waals surface area (Å²) in [6.45, 7) is 0.0294. The lowest BCUT2D eigenvalue weighted by Crippen LogP contribution is -2.42. The number of methoxy groups -OCH3 is 2. The van der Waals surface area contributed by atoms with E-state index in [1.54, 1.807) is 24.3 Å². The van der Waals surface area contributed by atoms with Crippen molar-refractivity contribution in [3.05, 3.63) is 52.7 Å². The van der Waals surface area contributed by atoms with Crippen LogP contribution in [-0.4, -0.2) is 73.0 Å². The third-order valence-corrected chi connectivity index (χ3v) is 8.14. The normalized spacial score (nSPS) is 23.7. The van der Waals surface area contributed by atoms with Crippen molar-refractivity contribution in [2.24, 2.45) is 11.8 Å². The number of benzene rings is 2. The molecule has 3 N–H and O–H groups in total. The van der Waals surface area contributed by atoms with Gasteiger partial charge in [0.15, 0.2) is 23.0 Å². The summed E-state index contributed by atoms with van der Waals surface area (Å²) in [6.07, 6.45) is 1.13. The number of ether oxygens (including phenoxy) is 5. The molecular formula is C29H28N2O11. The van der Waals surface area contributed by atoms with Gasteiger partial charge in [-0.25, -0.2) is 0 Å². The van der Waals surface area contributed by atoms with Crippen LogP contribution in [0.25, 0.3) is 0 Å². The summed E-state index contributed by atoms with van der Waals surface area (Å²) >= 11 is 0. The summed E-state index contributed by atoms with van der Waals surface area (Å²) in [5.74, 6) is -3.22. The van der Waals surface area contributed by atoms with E-state index in [1.807, 2.05) is 0 Å². The number of cyclic esters (lactones) is 1. The van der Waals surface area contributed by atoms with Crippen LogP contribution in [0.1, 0.15) is 41.5 Å². The molecule has 13 heteroatoms. The fraction of sp³-hybridized carbons (Fsp3) is 0.379.